The molecule has 1 aliphatic rings. The average Bonchev–Trinajstić information content (AvgIpc) is 2.17. The number of benzene rings is 1. The van der Waals surface area contributed by atoms with Crippen molar-refractivity contribution in [1.29, 1.82) is 0 Å². The van der Waals surface area contributed by atoms with Crippen molar-refractivity contribution in [1.82, 2.24) is 10.2 Å². The van der Waals surface area contributed by atoms with Crippen LogP contribution in [0.2, 0.25) is 0 Å². The van der Waals surface area contributed by atoms with Crippen LogP contribution in [0, 0.1) is 10.1 Å². The summed E-state index contributed by atoms with van der Waals surface area (Å²) in [5.74, 6) is 0. The topological polar surface area (TPSA) is 58.4 Å². The smallest absolute Gasteiger partial charge is 0.283 e. The number of halogens is 2. The highest BCUT2D eigenvalue weighted by Crippen LogP contribution is 2.26. The van der Waals surface area contributed by atoms with E-state index in [0.717, 1.165) is 25.2 Å². The molecule has 18 heavy (non-hydrogen) atoms. The Kier molecular flexibility index (Phi) is 5.52. The minimum atomic E-state index is -0.363. The first-order valence-corrected chi connectivity index (χ1v) is 6.21. The van der Waals surface area contributed by atoms with E-state index in [2.05, 4.69) is 26.1 Å². The summed E-state index contributed by atoms with van der Waals surface area (Å²) >= 11 is 3.19. The molecule has 0 radical (unpaired) electrons. The van der Waals surface area contributed by atoms with Crippen LogP contribution in [0.3, 0.4) is 0 Å². The van der Waals surface area contributed by atoms with Gasteiger partial charge < -0.3 is 5.32 Å². The fraction of sp³-hybridized carbons (Fsp3) is 0.455. The number of rotatable bonds is 4. The van der Waals surface area contributed by atoms with Gasteiger partial charge >= 0.3 is 0 Å². The quantitative estimate of drug-likeness (QED) is 0.676. The van der Waals surface area contributed by atoms with Crippen LogP contribution in [0.5, 0.6) is 0 Å². The van der Waals surface area contributed by atoms with Crippen molar-refractivity contribution in [2.24, 2.45) is 0 Å². The molecular weight excluding hydrogens is 321 g/mol. The molecule has 100 valence electrons. The highest BCUT2D eigenvalue weighted by Gasteiger charge is 2.22. The first kappa shape index (κ1) is 15.4. The molecule has 0 aromatic heterocycles. The lowest BCUT2D eigenvalue weighted by atomic mass is 10.1. The average molecular weight is 337 g/mol. The van der Waals surface area contributed by atoms with Crippen LogP contribution in [0.15, 0.2) is 22.7 Å². The molecule has 1 saturated heterocycles. The van der Waals surface area contributed by atoms with E-state index in [1.165, 1.54) is 0 Å². The summed E-state index contributed by atoms with van der Waals surface area (Å²) in [5, 5.41) is 14.0. The Balaban J connectivity index is 0.00000162. The van der Waals surface area contributed by atoms with E-state index in [1.807, 2.05) is 13.1 Å². The van der Waals surface area contributed by atoms with Gasteiger partial charge in [-0.3, -0.25) is 15.0 Å². The molecule has 1 aromatic rings. The minimum absolute atomic E-state index is 0. The van der Waals surface area contributed by atoms with Gasteiger partial charge in [-0.1, -0.05) is 6.07 Å². The van der Waals surface area contributed by atoms with Crippen LogP contribution in [0.1, 0.15) is 5.56 Å². The molecule has 0 atom stereocenters. The molecule has 1 fully saturated rings. The second-order valence-electron chi connectivity index (χ2n) is 4.27. The molecule has 5 nitrogen and oxygen atoms in total. The van der Waals surface area contributed by atoms with E-state index >= 15 is 0 Å². The highest BCUT2D eigenvalue weighted by molar-refractivity contribution is 9.10. The van der Waals surface area contributed by atoms with Crippen molar-refractivity contribution in [2.75, 3.05) is 20.1 Å². The lowest BCUT2D eigenvalue weighted by molar-refractivity contribution is -0.385. The van der Waals surface area contributed by atoms with E-state index in [4.69, 9.17) is 0 Å². The number of nitro benzene ring substituents is 1. The van der Waals surface area contributed by atoms with Crippen LogP contribution in [-0.4, -0.2) is 36.0 Å². The SMILES string of the molecule is CN(Cc1ccc(Br)c([N+](=O)[O-])c1)C1CNC1.Cl. The van der Waals surface area contributed by atoms with Gasteiger partial charge in [-0.25, -0.2) is 0 Å². The van der Waals surface area contributed by atoms with Crippen LogP contribution >= 0.6 is 28.3 Å². The molecule has 0 unspecified atom stereocenters. The zero-order valence-electron chi connectivity index (χ0n) is 9.93. The highest BCUT2D eigenvalue weighted by atomic mass is 79.9. The van der Waals surface area contributed by atoms with E-state index in [-0.39, 0.29) is 23.0 Å². The lowest BCUT2D eigenvalue weighted by Crippen LogP contribution is -2.55. The fourth-order valence-electron chi connectivity index (χ4n) is 1.80. The van der Waals surface area contributed by atoms with Crippen LogP contribution < -0.4 is 5.32 Å². The van der Waals surface area contributed by atoms with Crippen molar-refractivity contribution in [3.8, 4) is 0 Å². The third kappa shape index (κ3) is 3.41. The number of nitrogens with zero attached hydrogens (tertiary/aromatic N) is 2. The predicted molar refractivity (Wildman–Crippen MR) is 76.2 cm³/mol. The summed E-state index contributed by atoms with van der Waals surface area (Å²) < 4.78 is 0.527. The molecule has 2 rings (SSSR count). The Morgan fingerprint density at radius 1 is 1.56 bits per heavy atom. The Morgan fingerprint density at radius 3 is 2.72 bits per heavy atom. The first-order chi connectivity index (χ1) is 8.08. The molecule has 1 aliphatic heterocycles. The monoisotopic (exact) mass is 335 g/mol. The van der Waals surface area contributed by atoms with Crippen LogP contribution in [0.25, 0.3) is 0 Å². The number of nitrogens with one attached hydrogen (secondary N) is 1. The van der Waals surface area contributed by atoms with E-state index in [1.54, 1.807) is 12.1 Å². The largest absolute Gasteiger partial charge is 0.314 e. The van der Waals surface area contributed by atoms with Gasteiger partial charge in [0.25, 0.3) is 5.69 Å². The number of hydrogen-bond donors (Lipinski definition) is 1. The molecule has 0 amide bonds. The number of nitro groups is 1. The molecule has 0 spiro atoms. The number of hydrogen-bond acceptors (Lipinski definition) is 4. The van der Waals surface area contributed by atoms with E-state index < -0.39 is 0 Å². The maximum absolute atomic E-state index is 10.8. The van der Waals surface area contributed by atoms with Crippen molar-refractivity contribution in [2.45, 2.75) is 12.6 Å². The van der Waals surface area contributed by atoms with Crippen molar-refractivity contribution >= 4 is 34.0 Å². The molecule has 1 aromatic carbocycles. The van der Waals surface area contributed by atoms with Gasteiger partial charge in [0.2, 0.25) is 0 Å². The number of likely N-dealkylation sites (N-methyl/N-ethyl adjacent to an activating group) is 1. The maximum atomic E-state index is 10.8. The molecular formula is C11H15BrClN3O2. The standard InChI is InChI=1S/C11H14BrN3O2.ClH/c1-14(9-5-13-6-9)7-8-2-3-10(12)11(4-8)15(16)17;/h2-4,9,13H,5-7H2,1H3;1H. The Hall–Kier alpha value is -0.690. The summed E-state index contributed by atoms with van der Waals surface area (Å²) in [7, 11) is 2.04. The lowest BCUT2D eigenvalue weighted by Gasteiger charge is -2.35. The minimum Gasteiger partial charge on any atom is -0.314 e. The summed E-state index contributed by atoms with van der Waals surface area (Å²) in [6, 6.07) is 5.82. The van der Waals surface area contributed by atoms with Gasteiger partial charge in [0, 0.05) is 31.7 Å². The summed E-state index contributed by atoms with van der Waals surface area (Å²) in [5.41, 5.74) is 1.09. The second-order valence-corrected chi connectivity index (χ2v) is 5.12. The van der Waals surface area contributed by atoms with Crippen LogP contribution in [-0.2, 0) is 6.54 Å². The fourth-order valence-corrected chi connectivity index (χ4v) is 2.19. The first-order valence-electron chi connectivity index (χ1n) is 5.41. The molecule has 0 saturated carbocycles. The Bertz CT molecular complexity index is 440. The van der Waals surface area contributed by atoms with Gasteiger partial charge in [-0.15, -0.1) is 12.4 Å². The van der Waals surface area contributed by atoms with Gasteiger partial charge in [0.05, 0.1) is 9.40 Å². The van der Waals surface area contributed by atoms with Crippen molar-refractivity contribution in [3.05, 3.63) is 38.3 Å². The predicted octanol–water partition coefficient (Wildman–Crippen LogP) is 2.18. The maximum Gasteiger partial charge on any atom is 0.283 e. The van der Waals surface area contributed by atoms with Crippen molar-refractivity contribution < 1.29 is 4.92 Å². The Labute approximate surface area is 120 Å². The van der Waals surface area contributed by atoms with E-state index in [0.29, 0.717) is 10.5 Å². The van der Waals surface area contributed by atoms with Gasteiger partial charge in [0.15, 0.2) is 0 Å². The van der Waals surface area contributed by atoms with Gasteiger partial charge in [-0.05, 0) is 34.6 Å². The summed E-state index contributed by atoms with van der Waals surface area (Å²) in [6.07, 6.45) is 0. The zero-order valence-corrected chi connectivity index (χ0v) is 12.3. The summed E-state index contributed by atoms with van der Waals surface area (Å²) in [4.78, 5) is 12.7. The second kappa shape index (κ2) is 6.47. The molecule has 0 bridgehead atoms. The normalized spacial score (nSPS) is 15.1. The summed E-state index contributed by atoms with van der Waals surface area (Å²) in [6.45, 7) is 2.73. The van der Waals surface area contributed by atoms with Crippen molar-refractivity contribution in [3.63, 3.8) is 0 Å². The molecule has 1 N–H and O–H groups in total. The van der Waals surface area contributed by atoms with Crippen LogP contribution in [0.4, 0.5) is 5.69 Å². The van der Waals surface area contributed by atoms with E-state index in [9.17, 15) is 10.1 Å². The molecule has 7 heteroatoms. The molecule has 1 heterocycles. The van der Waals surface area contributed by atoms with Gasteiger partial charge in [0.1, 0.15) is 0 Å². The Morgan fingerprint density at radius 2 is 2.22 bits per heavy atom. The third-order valence-corrected chi connectivity index (χ3v) is 3.69. The third-order valence-electron chi connectivity index (χ3n) is 3.02. The van der Waals surface area contributed by atoms with Gasteiger partial charge in [-0.2, -0.15) is 0 Å². The zero-order chi connectivity index (χ0) is 12.4. The molecule has 0 aliphatic carbocycles.